The molecule has 1 aromatic carbocycles. The molecule has 4 saturated carbocycles. The summed E-state index contributed by atoms with van der Waals surface area (Å²) in [5.74, 6) is 2.15. The number of aromatic nitrogens is 2. The molecule has 0 amide bonds. The van der Waals surface area contributed by atoms with Crippen molar-refractivity contribution in [3.63, 3.8) is 0 Å². The van der Waals surface area contributed by atoms with Gasteiger partial charge in [-0.15, -0.1) is 0 Å². The molecule has 1 aromatic heterocycles. The maximum atomic E-state index is 11.7. The van der Waals surface area contributed by atoms with Crippen LogP contribution in [0.2, 0.25) is 0 Å². The first-order valence-corrected chi connectivity index (χ1v) is 10.2. The zero-order chi connectivity index (χ0) is 17.5. The molecular formula is C22H26N2O2. The van der Waals surface area contributed by atoms with Crippen molar-refractivity contribution in [3.05, 3.63) is 42.4 Å². The number of hydrogen-bond acceptors (Lipinski definition) is 3. The summed E-state index contributed by atoms with van der Waals surface area (Å²) in [7, 11) is 0. The van der Waals surface area contributed by atoms with Crippen molar-refractivity contribution in [1.29, 1.82) is 0 Å². The molecule has 0 unspecified atom stereocenters. The van der Waals surface area contributed by atoms with Gasteiger partial charge in [-0.1, -0.05) is 24.3 Å². The van der Waals surface area contributed by atoms with Gasteiger partial charge in [0.1, 0.15) is 0 Å². The minimum absolute atomic E-state index is 0.0694. The van der Waals surface area contributed by atoms with E-state index in [2.05, 4.69) is 33.8 Å². The van der Waals surface area contributed by atoms with Crippen LogP contribution in [-0.4, -0.2) is 31.5 Å². The summed E-state index contributed by atoms with van der Waals surface area (Å²) >= 11 is 0. The second kappa shape index (κ2) is 5.20. The maximum absolute atomic E-state index is 11.7. The third-order valence-electron chi connectivity index (χ3n) is 8.02. The Bertz CT molecular complexity index is 829. The summed E-state index contributed by atoms with van der Waals surface area (Å²) in [6.45, 7) is 0. The van der Waals surface area contributed by atoms with Gasteiger partial charge in [0.2, 0.25) is 0 Å². The minimum atomic E-state index is -0.897. The van der Waals surface area contributed by atoms with Gasteiger partial charge in [0.15, 0.2) is 0 Å². The summed E-state index contributed by atoms with van der Waals surface area (Å²) in [6.07, 6.45) is 9.46. The smallest absolute Gasteiger partial charge is 0.0962 e. The Balaban J connectivity index is 1.34. The molecule has 4 heteroatoms. The number of fused-ring (bicyclic) bond motifs is 3. The Hall–Kier alpha value is -1.65. The summed E-state index contributed by atoms with van der Waals surface area (Å²) in [6, 6.07) is 8.48. The molecule has 0 radical (unpaired) electrons. The van der Waals surface area contributed by atoms with Crippen LogP contribution >= 0.6 is 0 Å². The lowest BCUT2D eigenvalue weighted by Gasteiger charge is -2.60. The number of aliphatic hydroxyl groups is 2. The van der Waals surface area contributed by atoms with Gasteiger partial charge in [0, 0.05) is 12.0 Å². The lowest BCUT2D eigenvalue weighted by Crippen LogP contribution is -2.63. The molecule has 4 bridgehead atoms. The van der Waals surface area contributed by atoms with Gasteiger partial charge in [-0.05, 0) is 61.3 Å². The Morgan fingerprint density at radius 3 is 2.50 bits per heavy atom. The molecule has 4 aliphatic carbocycles. The summed E-state index contributed by atoms with van der Waals surface area (Å²) in [5, 5.41) is 23.0. The van der Waals surface area contributed by atoms with E-state index in [9.17, 15) is 10.2 Å². The molecule has 136 valence electrons. The van der Waals surface area contributed by atoms with E-state index in [1.54, 1.807) is 0 Å². The zero-order valence-corrected chi connectivity index (χ0v) is 15.0. The van der Waals surface area contributed by atoms with Crippen molar-refractivity contribution in [3.8, 4) is 11.3 Å². The van der Waals surface area contributed by atoms with Crippen molar-refractivity contribution in [2.75, 3.05) is 0 Å². The molecule has 4 fully saturated rings. The van der Waals surface area contributed by atoms with Crippen LogP contribution in [0.3, 0.4) is 0 Å². The molecule has 2 N–H and O–H groups in total. The molecule has 5 aliphatic rings. The number of hydrogen-bond donors (Lipinski definition) is 2. The van der Waals surface area contributed by atoms with Gasteiger partial charge >= 0.3 is 0 Å². The second-order valence-corrected chi connectivity index (χ2v) is 9.23. The van der Waals surface area contributed by atoms with E-state index >= 15 is 0 Å². The van der Waals surface area contributed by atoms with E-state index in [1.807, 2.05) is 12.5 Å². The van der Waals surface area contributed by atoms with Crippen LogP contribution in [0.1, 0.15) is 50.1 Å². The minimum Gasteiger partial charge on any atom is -0.390 e. The predicted octanol–water partition coefficient (Wildman–Crippen LogP) is 3.39. The molecule has 7 rings (SSSR count). The van der Waals surface area contributed by atoms with Crippen LogP contribution in [0.4, 0.5) is 0 Å². The van der Waals surface area contributed by atoms with Gasteiger partial charge in [0.05, 0.1) is 36.0 Å². The van der Waals surface area contributed by atoms with Crippen molar-refractivity contribution >= 4 is 0 Å². The Morgan fingerprint density at radius 1 is 1.08 bits per heavy atom. The highest BCUT2D eigenvalue weighted by Gasteiger charge is 2.59. The Labute approximate surface area is 153 Å². The summed E-state index contributed by atoms with van der Waals surface area (Å²) in [5.41, 5.74) is 2.68. The van der Waals surface area contributed by atoms with Gasteiger partial charge in [-0.2, -0.15) is 0 Å². The fraction of sp³-hybridized carbons (Fsp3) is 0.591. The zero-order valence-electron chi connectivity index (χ0n) is 15.0. The van der Waals surface area contributed by atoms with Gasteiger partial charge in [-0.3, -0.25) is 0 Å². The molecule has 1 aliphatic heterocycles. The fourth-order valence-corrected chi connectivity index (χ4v) is 7.06. The SMILES string of the molecule is O[C@H](C[C@@H]1c2ccccc2-c2cncn21)C1(O)C2CC3CC(C2)CC1C3. The number of imidazole rings is 1. The van der Waals surface area contributed by atoms with Crippen molar-refractivity contribution in [2.24, 2.45) is 23.7 Å². The van der Waals surface area contributed by atoms with E-state index in [0.29, 0.717) is 6.42 Å². The largest absolute Gasteiger partial charge is 0.390 e. The second-order valence-electron chi connectivity index (χ2n) is 9.23. The highest BCUT2D eigenvalue weighted by molar-refractivity contribution is 5.68. The fourth-order valence-electron chi connectivity index (χ4n) is 7.06. The molecule has 0 spiro atoms. The van der Waals surface area contributed by atoms with Crippen molar-refractivity contribution in [2.45, 2.75) is 56.3 Å². The monoisotopic (exact) mass is 350 g/mol. The van der Waals surface area contributed by atoms with Gasteiger partial charge in [0.25, 0.3) is 0 Å². The average molecular weight is 350 g/mol. The highest BCUT2D eigenvalue weighted by Crippen LogP contribution is 2.60. The molecule has 2 aromatic rings. The molecule has 0 saturated heterocycles. The summed E-state index contributed by atoms with van der Waals surface area (Å²) in [4.78, 5) is 4.32. The van der Waals surface area contributed by atoms with Crippen LogP contribution in [0, 0.1) is 23.7 Å². The van der Waals surface area contributed by atoms with E-state index in [1.165, 1.54) is 17.5 Å². The van der Waals surface area contributed by atoms with Crippen LogP contribution in [0.15, 0.2) is 36.8 Å². The molecule has 2 atom stereocenters. The van der Waals surface area contributed by atoms with E-state index < -0.39 is 11.7 Å². The third-order valence-corrected chi connectivity index (χ3v) is 8.02. The number of nitrogens with zero attached hydrogens (tertiary/aromatic N) is 2. The number of benzene rings is 1. The first kappa shape index (κ1) is 15.4. The molecule has 4 nitrogen and oxygen atoms in total. The maximum Gasteiger partial charge on any atom is 0.0962 e. The molecule has 26 heavy (non-hydrogen) atoms. The van der Waals surface area contributed by atoms with Gasteiger partial charge < -0.3 is 14.8 Å². The normalized spacial score (nSPS) is 40.5. The lowest BCUT2D eigenvalue weighted by atomic mass is 9.48. The van der Waals surface area contributed by atoms with Crippen LogP contribution in [0.5, 0.6) is 0 Å². The third kappa shape index (κ3) is 1.89. The predicted molar refractivity (Wildman–Crippen MR) is 98.4 cm³/mol. The lowest BCUT2D eigenvalue weighted by molar-refractivity contribution is -0.223. The first-order valence-electron chi connectivity index (χ1n) is 10.2. The number of rotatable bonds is 3. The van der Waals surface area contributed by atoms with Crippen molar-refractivity contribution in [1.82, 2.24) is 9.55 Å². The molecule has 2 heterocycles. The van der Waals surface area contributed by atoms with E-state index in [-0.39, 0.29) is 17.9 Å². The average Bonchev–Trinajstić information content (AvgIpc) is 3.22. The van der Waals surface area contributed by atoms with E-state index in [4.69, 9.17) is 0 Å². The Morgan fingerprint density at radius 2 is 1.77 bits per heavy atom. The van der Waals surface area contributed by atoms with Crippen LogP contribution in [-0.2, 0) is 0 Å². The standard InChI is InChI=1S/C22H26N2O2/c25-21(22(26)15-6-13-5-14(8-15)9-16(22)7-13)10-19-17-3-1-2-4-18(17)20-11-23-12-24(19)20/h1-4,11-16,19,21,25-26H,5-10H2/t13?,14?,15?,16?,19-,21-,22?/m1/s1. The molecular weight excluding hydrogens is 324 g/mol. The first-order chi connectivity index (χ1) is 12.6. The van der Waals surface area contributed by atoms with Crippen LogP contribution < -0.4 is 0 Å². The highest BCUT2D eigenvalue weighted by atomic mass is 16.3. The quantitative estimate of drug-likeness (QED) is 0.892. The van der Waals surface area contributed by atoms with Crippen molar-refractivity contribution < 1.29 is 10.2 Å². The van der Waals surface area contributed by atoms with Gasteiger partial charge in [-0.25, -0.2) is 4.98 Å². The Kier molecular flexibility index (Phi) is 3.08. The van der Waals surface area contributed by atoms with Crippen LogP contribution in [0.25, 0.3) is 11.3 Å². The summed E-state index contributed by atoms with van der Waals surface area (Å²) < 4.78 is 2.17. The van der Waals surface area contributed by atoms with E-state index in [0.717, 1.165) is 43.2 Å². The topological polar surface area (TPSA) is 58.3 Å². The number of aliphatic hydroxyl groups excluding tert-OH is 1.